The van der Waals surface area contributed by atoms with E-state index >= 15 is 0 Å². The molecule has 18 heavy (non-hydrogen) atoms. The standard InChI is InChI=1S/C15H22N2O/c1-2-5-15-14(4-1)13(6-7-16-15)12-17-8-3-10-18-11-9-17/h1-2,4-5,13,16H,3,6-12H2. The van der Waals surface area contributed by atoms with Crippen molar-refractivity contribution in [1.82, 2.24) is 4.90 Å². The second-order valence-corrected chi connectivity index (χ2v) is 5.27. The Balaban J connectivity index is 1.69. The second-order valence-electron chi connectivity index (χ2n) is 5.27. The van der Waals surface area contributed by atoms with Gasteiger partial charge in [-0.25, -0.2) is 0 Å². The number of benzene rings is 1. The summed E-state index contributed by atoms with van der Waals surface area (Å²) in [5, 5.41) is 3.50. The van der Waals surface area contributed by atoms with Crippen molar-refractivity contribution >= 4 is 5.69 Å². The third kappa shape index (κ3) is 2.68. The van der Waals surface area contributed by atoms with Gasteiger partial charge in [0.1, 0.15) is 0 Å². The van der Waals surface area contributed by atoms with Gasteiger partial charge in [0.05, 0.1) is 6.61 Å². The Morgan fingerprint density at radius 3 is 3.17 bits per heavy atom. The molecule has 1 aromatic carbocycles. The van der Waals surface area contributed by atoms with Crippen LogP contribution in [0.3, 0.4) is 0 Å². The quantitative estimate of drug-likeness (QED) is 0.866. The maximum absolute atomic E-state index is 5.53. The molecule has 0 spiro atoms. The molecular formula is C15H22N2O. The van der Waals surface area contributed by atoms with Crippen LogP contribution in [0.5, 0.6) is 0 Å². The summed E-state index contributed by atoms with van der Waals surface area (Å²) in [6.45, 7) is 6.39. The number of hydrogen-bond acceptors (Lipinski definition) is 3. The summed E-state index contributed by atoms with van der Waals surface area (Å²) in [7, 11) is 0. The number of fused-ring (bicyclic) bond motifs is 1. The van der Waals surface area contributed by atoms with Crippen LogP contribution in [0.25, 0.3) is 0 Å². The molecule has 1 saturated heterocycles. The van der Waals surface area contributed by atoms with Crippen molar-refractivity contribution in [2.75, 3.05) is 44.7 Å². The van der Waals surface area contributed by atoms with Crippen LogP contribution in [0.4, 0.5) is 5.69 Å². The molecule has 1 unspecified atom stereocenters. The third-order valence-electron chi connectivity index (χ3n) is 4.00. The molecular weight excluding hydrogens is 224 g/mol. The molecule has 2 aliphatic heterocycles. The monoisotopic (exact) mass is 246 g/mol. The Bertz CT molecular complexity index is 386. The molecule has 0 aromatic heterocycles. The average Bonchev–Trinajstić information content (AvgIpc) is 2.68. The van der Waals surface area contributed by atoms with E-state index in [1.54, 1.807) is 0 Å². The fourth-order valence-corrected chi connectivity index (χ4v) is 3.03. The number of para-hydroxylation sites is 1. The van der Waals surface area contributed by atoms with Crippen LogP contribution >= 0.6 is 0 Å². The number of hydrogen-bond donors (Lipinski definition) is 1. The van der Waals surface area contributed by atoms with Gasteiger partial charge < -0.3 is 15.0 Å². The third-order valence-corrected chi connectivity index (χ3v) is 4.00. The minimum atomic E-state index is 0.681. The Labute approximate surface area is 109 Å². The molecule has 1 aromatic rings. The molecule has 0 saturated carbocycles. The van der Waals surface area contributed by atoms with Gasteiger partial charge in [0.2, 0.25) is 0 Å². The lowest BCUT2D eigenvalue weighted by atomic mass is 9.90. The van der Waals surface area contributed by atoms with Gasteiger partial charge in [-0.3, -0.25) is 0 Å². The van der Waals surface area contributed by atoms with Gasteiger partial charge in [-0.15, -0.1) is 0 Å². The van der Waals surface area contributed by atoms with E-state index < -0.39 is 0 Å². The number of nitrogens with zero attached hydrogens (tertiary/aromatic N) is 1. The highest BCUT2D eigenvalue weighted by Crippen LogP contribution is 2.31. The van der Waals surface area contributed by atoms with Crippen molar-refractivity contribution in [2.45, 2.75) is 18.8 Å². The van der Waals surface area contributed by atoms with Gasteiger partial charge in [-0.05, 0) is 24.5 Å². The van der Waals surface area contributed by atoms with Gasteiger partial charge in [0, 0.05) is 44.4 Å². The van der Waals surface area contributed by atoms with E-state index in [0.717, 1.165) is 26.3 Å². The Morgan fingerprint density at radius 1 is 1.22 bits per heavy atom. The zero-order chi connectivity index (χ0) is 12.2. The van der Waals surface area contributed by atoms with E-state index in [1.807, 2.05) is 0 Å². The molecule has 0 bridgehead atoms. The number of nitrogens with one attached hydrogen (secondary N) is 1. The smallest absolute Gasteiger partial charge is 0.0593 e. The highest BCUT2D eigenvalue weighted by molar-refractivity contribution is 5.54. The van der Waals surface area contributed by atoms with Crippen molar-refractivity contribution < 1.29 is 4.74 Å². The van der Waals surface area contributed by atoms with E-state index in [2.05, 4.69) is 34.5 Å². The second kappa shape index (κ2) is 5.72. The number of ether oxygens (including phenoxy) is 1. The van der Waals surface area contributed by atoms with Crippen molar-refractivity contribution in [2.24, 2.45) is 0 Å². The maximum atomic E-state index is 5.53. The summed E-state index contributed by atoms with van der Waals surface area (Å²) < 4.78 is 5.53. The average molecular weight is 246 g/mol. The fraction of sp³-hybridized carbons (Fsp3) is 0.600. The Hall–Kier alpha value is -1.06. The number of anilines is 1. The first-order chi connectivity index (χ1) is 8.93. The predicted molar refractivity (Wildman–Crippen MR) is 74.2 cm³/mol. The predicted octanol–water partition coefficient (Wildman–Crippen LogP) is 2.31. The molecule has 0 radical (unpaired) electrons. The van der Waals surface area contributed by atoms with E-state index in [0.29, 0.717) is 5.92 Å². The molecule has 3 heteroatoms. The molecule has 3 rings (SSSR count). The topological polar surface area (TPSA) is 24.5 Å². The van der Waals surface area contributed by atoms with Crippen LogP contribution in [0.2, 0.25) is 0 Å². The summed E-state index contributed by atoms with van der Waals surface area (Å²) in [6, 6.07) is 8.76. The van der Waals surface area contributed by atoms with Gasteiger partial charge in [0.25, 0.3) is 0 Å². The summed E-state index contributed by atoms with van der Waals surface area (Å²) in [5.74, 6) is 0.681. The molecule has 2 aliphatic rings. The maximum Gasteiger partial charge on any atom is 0.0593 e. The van der Waals surface area contributed by atoms with Crippen LogP contribution in [0, 0.1) is 0 Å². The van der Waals surface area contributed by atoms with Crippen molar-refractivity contribution in [3.8, 4) is 0 Å². The highest BCUT2D eigenvalue weighted by atomic mass is 16.5. The summed E-state index contributed by atoms with van der Waals surface area (Å²) in [4.78, 5) is 2.57. The van der Waals surface area contributed by atoms with Crippen LogP contribution < -0.4 is 5.32 Å². The Morgan fingerprint density at radius 2 is 2.17 bits per heavy atom. The van der Waals surface area contributed by atoms with E-state index in [4.69, 9.17) is 4.74 Å². The highest BCUT2D eigenvalue weighted by Gasteiger charge is 2.22. The van der Waals surface area contributed by atoms with E-state index in [-0.39, 0.29) is 0 Å². The normalized spacial score (nSPS) is 25.0. The largest absolute Gasteiger partial charge is 0.385 e. The fourth-order valence-electron chi connectivity index (χ4n) is 3.03. The zero-order valence-electron chi connectivity index (χ0n) is 10.9. The lowest BCUT2D eigenvalue weighted by Gasteiger charge is -2.31. The molecule has 0 amide bonds. The van der Waals surface area contributed by atoms with Crippen LogP contribution in [0.1, 0.15) is 24.3 Å². The lowest BCUT2D eigenvalue weighted by molar-refractivity contribution is 0.140. The summed E-state index contributed by atoms with van der Waals surface area (Å²) >= 11 is 0. The molecule has 1 N–H and O–H groups in total. The van der Waals surface area contributed by atoms with Crippen molar-refractivity contribution in [1.29, 1.82) is 0 Å². The SMILES string of the molecule is c1ccc2c(c1)NCCC2CN1CCCOCC1. The van der Waals surface area contributed by atoms with Gasteiger partial charge in [0.15, 0.2) is 0 Å². The molecule has 98 valence electrons. The zero-order valence-corrected chi connectivity index (χ0v) is 10.9. The van der Waals surface area contributed by atoms with Gasteiger partial charge in [-0.1, -0.05) is 18.2 Å². The lowest BCUT2D eigenvalue weighted by Crippen LogP contribution is -2.33. The minimum absolute atomic E-state index is 0.681. The number of rotatable bonds is 2. The summed E-state index contributed by atoms with van der Waals surface area (Å²) in [6.07, 6.45) is 2.42. The van der Waals surface area contributed by atoms with Crippen LogP contribution in [-0.4, -0.2) is 44.3 Å². The van der Waals surface area contributed by atoms with Crippen molar-refractivity contribution in [3.05, 3.63) is 29.8 Å². The molecule has 1 fully saturated rings. The van der Waals surface area contributed by atoms with Crippen LogP contribution in [0.15, 0.2) is 24.3 Å². The minimum Gasteiger partial charge on any atom is -0.385 e. The van der Waals surface area contributed by atoms with E-state index in [1.165, 1.54) is 37.2 Å². The first-order valence-electron chi connectivity index (χ1n) is 7.06. The Kier molecular flexibility index (Phi) is 3.81. The van der Waals surface area contributed by atoms with Gasteiger partial charge in [-0.2, -0.15) is 0 Å². The van der Waals surface area contributed by atoms with Crippen molar-refractivity contribution in [3.63, 3.8) is 0 Å². The van der Waals surface area contributed by atoms with Crippen LogP contribution in [-0.2, 0) is 4.74 Å². The molecule has 1 atom stereocenters. The molecule has 3 nitrogen and oxygen atoms in total. The van der Waals surface area contributed by atoms with Gasteiger partial charge >= 0.3 is 0 Å². The first-order valence-corrected chi connectivity index (χ1v) is 7.06. The van der Waals surface area contributed by atoms with E-state index in [9.17, 15) is 0 Å². The molecule has 0 aliphatic carbocycles. The summed E-state index contributed by atoms with van der Waals surface area (Å²) in [5.41, 5.74) is 2.83. The molecule has 2 heterocycles. The first kappa shape index (κ1) is 12.0.